The number of ether oxygens (including phenoxy) is 2. The zero-order chi connectivity index (χ0) is 25.1. The van der Waals surface area contributed by atoms with E-state index in [9.17, 15) is 9.18 Å². The zero-order valence-electron chi connectivity index (χ0n) is 20.5. The van der Waals surface area contributed by atoms with Crippen LogP contribution in [0.15, 0.2) is 42.5 Å². The summed E-state index contributed by atoms with van der Waals surface area (Å²) >= 11 is 0. The molecule has 0 heterocycles. The van der Waals surface area contributed by atoms with Gasteiger partial charge in [0.15, 0.2) is 0 Å². The van der Waals surface area contributed by atoms with E-state index in [0.717, 1.165) is 57.4 Å². The molecule has 4 nitrogen and oxygen atoms in total. The summed E-state index contributed by atoms with van der Waals surface area (Å²) in [4.78, 5) is 12.8. The summed E-state index contributed by atoms with van der Waals surface area (Å²) in [5, 5.41) is 8.87. The van der Waals surface area contributed by atoms with Crippen LogP contribution in [-0.4, -0.2) is 12.3 Å². The Balaban J connectivity index is 1.69. The minimum absolute atomic E-state index is 0.0371. The van der Waals surface area contributed by atoms with Crippen LogP contribution in [0.2, 0.25) is 0 Å². The van der Waals surface area contributed by atoms with Crippen LogP contribution in [0.25, 0.3) is 0 Å². The fourth-order valence-corrected chi connectivity index (χ4v) is 4.89. The predicted molar refractivity (Wildman–Crippen MR) is 132 cm³/mol. The van der Waals surface area contributed by atoms with Crippen molar-refractivity contribution in [1.29, 1.82) is 5.26 Å². The highest BCUT2D eigenvalue weighted by molar-refractivity contribution is 5.94. The molecule has 2 aromatic rings. The largest absolute Gasteiger partial charge is 0.459 e. The molecule has 1 fully saturated rings. The highest BCUT2D eigenvalue weighted by atomic mass is 19.1. The molecular weight excluding hydrogens is 448 g/mol. The lowest BCUT2D eigenvalue weighted by Gasteiger charge is -2.39. The van der Waals surface area contributed by atoms with E-state index in [1.165, 1.54) is 43.9 Å². The fourth-order valence-electron chi connectivity index (χ4n) is 4.89. The van der Waals surface area contributed by atoms with Crippen molar-refractivity contribution in [3.8, 4) is 17.6 Å². The second kappa shape index (κ2) is 13.2. The lowest BCUT2D eigenvalue weighted by atomic mass is 9.70. The highest BCUT2D eigenvalue weighted by Gasteiger charge is 2.42. The minimum Gasteiger partial charge on any atom is -0.459 e. The van der Waals surface area contributed by atoms with Gasteiger partial charge in [0.05, 0.1) is 5.56 Å². The zero-order valence-corrected chi connectivity index (χ0v) is 20.5. The van der Waals surface area contributed by atoms with E-state index < -0.39 is 23.6 Å². The number of nitriles is 1. The molecule has 35 heavy (non-hydrogen) atoms. The molecule has 0 spiro atoms. The van der Waals surface area contributed by atoms with Crippen LogP contribution in [0.5, 0.6) is 11.5 Å². The summed E-state index contributed by atoms with van der Waals surface area (Å²) < 4.78 is 40.8. The van der Waals surface area contributed by atoms with Crippen molar-refractivity contribution in [2.75, 3.05) is 0 Å². The van der Waals surface area contributed by atoms with Crippen LogP contribution in [0.4, 0.5) is 8.78 Å². The molecule has 0 N–H and O–H groups in total. The van der Waals surface area contributed by atoms with Crippen molar-refractivity contribution in [3.05, 3.63) is 59.4 Å². The second-order valence-corrected chi connectivity index (χ2v) is 9.51. The summed E-state index contributed by atoms with van der Waals surface area (Å²) in [6, 6.07) is 11.7. The van der Waals surface area contributed by atoms with Gasteiger partial charge in [-0.25, -0.2) is 13.6 Å². The molecule has 6 heteroatoms. The second-order valence-electron chi connectivity index (χ2n) is 9.51. The van der Waals surface area contributed by atoms with Gasteiger partial charge in [0.2, 0.25) is 6.36 Å². The van der Waals surface area contributed by atoms with Gasteiger partial charge >= 0.3 is 5.97 Å². The molecule has 0 amide bonds. The van der Waals surface area contributed by atoms with Crippen molar-refractivity contribution in [2.24, 2.45) is 5.41 Å². The first-order valence-corrected chi connectivity index (χ1v) is 12.8. The molecule has 0 radical (unpaired) electrons. The van der Waals surface area contributed by atoms with Crippen LogP contribution in [0.1, 0.15) is 99.9 Å². The number of hydrogen-bond donors (Lipinski definition) is 0. The van der Waals surface area contributed by atoms with Gasteiger partial charge < -0.3 is 9.47 Å². The number of unbranched alkanes of at least 4 members (excludes halogenated alkanes) is 5. The van der Waals surface area contributed by atoms with Crippen molar-refractivity contribution < 1.29 is 23.0 Å². The van der Waals surface area contributed by atoms with Crippen LogP contribution < -0.4 is 9.47 Å². The first-order valence-electron chi connectivity index (χ1n) is 12.8. The molecule has 2 aromatic carbocycles. The van der Waals surface area contributed by atoms with Gasteiger partial charge in [-0.3, -0.25) is 0 Å². The van der Waals surface area contributed by atoms with E-state index in [4.69, 9.17) is 14.7 Å². The quantitative estimate of drug-likeness (QED) is 0.173. The van der Waals surface area contributed by atoms with Gasteiger partial charge in [0.25, 0.3) is 0 Å². The Labute approximate surface area is 207 Å². The number of para-hydroxylation sites is 1. The number of benzene rings is 2. The average molecular weight is 484 g/mol. The van der Waals surface area contributed by atoms with E-state index in [1.807, 2.05) is 0 Å². The maximum absolute atomic E-state index is 15.8. The van der Waals surface area contributed by atoms with Crippen LogP contribution in [-0.2, 0) is 0 Å². The van der Waals surface area contributed by atoms with Crippen LogP contribution in [0, 0.1) is 22.6 Å². The number of alkyl halides is 1. The summed E-state index contributed by atoms with van der Waals surface area (Å²) in [5.41, 5.74) is -0.613. The lowest BCUT2D eigenvalue weighted by Crippen LogP contribution is -2.38. The predicted octanol–water partition coefficient (Wildman–Crippen LogP) is 8.29. The lowest BCUT2D eigenvalue weighted by molar-refractivity contribution is -0.0796. The van der Waals surface area contributed by atoms with Crippen LogP contribution in [0.3, 0.4) is 0 Å². The average Bonchev–Trinajstić information content (AvgIpc) is 2.87. The Morgan fingerprint density at radius 3 is 2.49 bits per heavy atom. The number of rotatable bonds is 12. The Morgan fingerprint density at radius 1 is 1.06 bits per heavy atom. The Morgan fingerprint density at radius 2 is 1.77 bits per heavy atom. The summed E-state index contributed by atoms with van der Waals surface area (Å²) in [5.74, 6) is -1.47. The summed E-state index contributed by atoms with van der Waals surface area (Å²) in [6.07, 6.45) is 10.8. The number of hydrogen-bond acceptors (Lipinski definition) is 4. The third kappa shape index (κ3) is 7.27. The molecule has 1 saturated carbocycles. The van der Waals surface area contributed by atoms with Gasteiger partial charge in [0, 0.05) is 11.5 Å². The van der Waals surface area contributed by atoms with Gasteiger partial charge in [-0.05, 0) is 43.5 Å². The smallest absolute Gasteiger partial charge is 0.347 e. The molecule has 0 bridgehead atoms. The fraction of sp³-hybridized carbons (Fsp3) is 0.517. The first kappa shape index (κ1) is 26.7. The van der Waals surface area contributed by atoms with E-state index in [2.05, 4.69) is 6.92 Å². The molecule has 1 unspecified atom stereocenters. The Kier molecular flexibility index (Phi) is 10.1. The molecule has 1 aliphatic carbocycles. The summed E-state index contributed by atoms with van der Waals surface area (Å²) in [7, 11) is 0. The SMILES string of the molecule is CCCCCCCCC1(C(F)Oc2ccccc2C(=O)Oc2ccc(C#N)c(F)c2)CCCCC1. The third-order valence-electron chi connectivity index (χ3n) is 6.97. The Bertz CT molecular complexity index is 1010. The number of esters is 1. The van der Waals surface area contributed by atoms with E-state index in [1.54, 1.807) is 24.3 Å². The number of nitrogens with zero attached hydrogens (tertiary/aromatic N) is 1. The summed E-state index contributed by atoms with van der Waals surface area (Å²) in [6.45, 7) is 2.19. The van der Waals surface area contributed by atoms with Crippen molar-refractivity contribution in [1.82, 2.24) is 0 Å². The number of carbonyl (C=O) groups excluding carboxylic acids is 1. The standard InChI is InChI=1S/C29H35F2NO3/c1-2-3-4-5-6-10-17-29(18-11-7-12-19-29)28(31)35-26-14-9-8-13-24(26)27(33)34-23-16-15-22(21-32)25(30)20-23/h8-9,13-16,20,28H,2-7,10-12,17-19H2,1H3. The van der Waals surface area contributed by atoms with Crippen molar-refractivity contribution in [2.45, 2.75) is 90.3 Å². The van der Waals surface area contributed by atoms with Crippen molar-refractivity contribution in [3.63, 3.8) is 0 Å². The van der Waals surface area contributed by atoms with Gasteiger partial charge in [0.1, 0.15) is 28.9 Å². The van der Waals surface area contributed by atoms with E-state index in [0.29, 0.717) is 0 Å². The van der Waals surface area contributed by atoms with E-state index in [-0.39, 0.29) is 22.6 Å². The van der Waals surface area contributed by atoms with E-state index >= 15 is 4.39 Å². The topological polar surface area (TPSA) is 59.3 Å². The molecule has 0 aromatic heterocycles. The normalized spacial score (nSPS) is 15.7. The highest BCUT2D eigenvalue weighted by Crippen LogP contribution is 2.46. The molecule has 188 valence electrons. The van der Waals surface area contributed by atoms with Gasteiger partial charge in [-0.1, -0.05) is 76.8 Å². The Hall–Kier alpha value is -2.94. The first-order chi connectivity index (χ1) is 17.0. The molecule has 1 atom stereocenters. The minimum atomic E-state index is -1.53. The molecule has 0 aliphatic heterocycles. The molecular formula is C29H35F2NO3. The monoisotopic (exact) mass is 483 g/mol. The van der Waals surface area contributed by atoms with Crippen LogP contribution >= 0.6 is 0 Å². The number of halogens is 2. The van der Waals surface area contributed by atoms with Gasteiger partial charge in [-0.2, -0.15) is 5.26 Å². The number of carbonyl (C=O) groups is 1. The molecule has 1 aliphatic rings. The molecule has 0 saturated heterocycles. The van der Waals surface area contributed by atoms with Crippen molar-refractivity contribution >= 4 is 5.97 Å². The van der Waals surface area contributed by atoms with Gasteiger partial charge in [-0.15, -0.1) is 0 Å². The maximum Gasteiger partial charge on any atom is 0.347 e. The maximum atomic E-state index is 15.8. The molecule has 3 rings (SSSR count). The third-order valence-corrected chi connectivity index (χ3v) is 6.97.